The fourth-order valence-corrected chi connectivity index (χ4v) is 0.348. The van der Waals surface area contributed by atoms with Crippen LogP contribution in [0.5, 0.6) is 0 Å². The van der Waals surface area contributed by atoms with Crippen LogP contribution in [0.3, 0.4) is 0 Å². The highest BCUT2D eigenvalue weighted by Crippen LogP contribution is 1.84. The van der Waals surface area contributed by atoms with Crippen molar-refractivity contribution >= 4 is 12.4 Å². The molecular formula is C5H9NO3. The van der Waals surface area contributed by atoms with Gasteiger partial charge in [0, 0.05) is 7.05 Å². The highest BCUT2D eigenvalue weighted by molar-refractivity contribution is 5.80. The van der Waals surface area contributed by atoms with Crippen LogP contribution in [0, 0.1) is 0 Å². The summed E-state index contributed by atoms with van der Waals surface area (Å²) in [7, 11) is 1.48. The number of ether oxygens (including phenoxy) is 1. The molecule has 0 bridgehead atoms. The van der Waals surface area contributed by atoms with Crippen LogP contribution in [-0.2, 0) is 14.3 Å². The summed E-state index contributed by atoms with van der Waals surface area (Å²) in [5.41, 5.74) is 0. The van der Waals surface area contributed by atoms with E-state index in [2.05, 4.69) is 10.1 Å². The number of rotatable bonds is 3. The minimum atomic E-state index is -0.688. The van der Waals surface area contributed by atoms with E-state index >= 15 is 0 Å². The van der Waals surface area contributed by atoms with Gasteiger partial charge in [-0.15, -0.1) is 0 Å². The molecule has 0 fully saturated rings. The number of nitrogens with one attached hydrogen (secondary N) is 1. The van der Waals surface area contributed by atoms with Gasteiger partial charge >= 0.3 is 0 Å². The maximum Gasteiger partial charge on any atom is 0.293 e. The molecule has 52 valence electrons. The summed E-state index contributed by atoms with van der Waals surface area (Å²) in [6.45, 7) is 1.74. The lowest BCUT2D eigenvalue weighted by Gasteiger charge is -2.05. The second-order valence-corrected chi connectivity index (χ2v) is 1.49. The van der Waals surface area contributed by atoms with Gasteiger partial charge in [-0.25, -0.2) is 0 Å². The van der Waals surface area contributed by atoms with Crippen LogP contribution >= 0.6 is 0 Å². The zero-order chi connectivity index (χ0) is 7.28. The Hall–Kier alpha value is -1.06. The van der Waals surface area contributed by atoms with Crippen LogP contribution in [0.15, 0.2) is 0 Å². The number of hydrogen-bond donors (Lipinski definition) is 1. The van der Waals surface area contributed by atoms with Crippen LogP contribution in [0.4, 0.5) is 0 Å². The van der Waals surface area contributed by atoms with Crippen molar-refractivity contribution in [2.75, 3.05) is 7.05 Å². The number of likely N-dealkylation sites (N-methyl/N-ethyl adjacent to an activating group) is 1. The quantitative estimate of drug-likeness (QED) is 0.515. The summed E-state index contributed by atoms with van der Waals surface area (Å²) in [6.07, 6.45) is -0.688. The summed E-state index contributed by atoms with van der Waals surface area (Å²) < 4.78 is 4.30. The van der Waals surface area contributed by atoms with E-state index in [1.165, 1.54) is 14.0 Å². The van der Waals surface area contributed by atoms with E-state index in [-0.39, 0.29) is 12.4 Å². The Bertz CT molecular complexity index is 113. The second-order valence-electron chi connectivity index (χ2n) is 1.49. The van der Waals surface area contributed by atoms with Gasteiger partial charge in [-0.05, 0) is 6.92 Å². The molecule has 0 aromatic rings. The van der Waals surface area contributed by atoms with Crippen molar-refractivity contribution in [3.8, 4) is 0 Å². The summed E-state index contributed by atoms with van der Waals surface area (Å²) in [5.74, 6) is -0.304. The molecule has 0 aromatic carbocycles. The zero-order valence-corrected chi connectivity index (χ0v) is 5.38. The van der Waals surface area contributed by atoms with Crippen LogP contribution in [0.25, 0.3) is 0 Å². The summed E-state index contributed by atoms with van der Waals surface area (Å²) in [4.78, 5) is 20.1. The maximum atomic E-state index is 10.5. The highest BCUT2D eigenvalue weighted by Gasteiger charge is 2.09. The van der Waals surface area contributed by atoms with Crippen molar-refractivity contribution in [3.63, 3.8) is 0 Å². The number of carbonyl (C=O) groups is 2. The van der Waals surface area contributed by atoms with Crippen molar-refractivity contribution in [1.82, 2.24) is 5.32 Å². The van der Waals surface area contributed by atoms with Crippen LogP contribution in [0.1, 0.15) is 6.92 Å². The zero-order valence-electron chi connectivity index (χ0n) is 5.38. The Kier molecular flexibility index (Phi) is 3.43. The van der Waals surface area contributed by atoms with Crippen molar-refractivity contribution in [3.05, 3.63) is 0 Å². The molecule has 0 radical (unpaired) electrons. The van der Waals surface area contributed by atoms with Crippen molar-refractivity contribution in [1.29, 1.82) is 0 Å². The van der Waals surface area contributed by atoms with Gasteiger partial charge in [-0.3, -0.25) is 9.59 Å². The predicted molar refractivity (Wildman–Crippen MR) is 30.7 cm³/mol. The average Bonchev–Trinajstić information content (AvgIpc) is 1.87. The van der Waals surface area contributed by atoms with E-state index in [0.29, 0.717) is 0 Å². The molecule has 1 N–H and O–H groups in total. The summed E-state index contributed by atoms with van der Waals surface area (Å²) in [6, 6.07) is 0. The summed E-state index contributed by atoms with van der Waals surface area (Å²) >= 11 is 0. The molecule has 0 rings (SSSR count). The molecule has 1 atom stereocenters. The van der Waals surface area contributed by atoms with Gasteiger partial charge in [0.1, 0.15) is 0 Å². The molecule has 0 saturated heterocycles. The minimum Gasteiger partial charge on any atom is -0.455 e. The Morgan fingerprint density at radius 3 is 2.67 bits per heavy atom. The second kappa shape index (κ2) is 3.88. The van der Waals surface area contributed by atoms with E-state index in [0.717, 1.165) is 0 Å². The molecule has 0 aliphatic rings. The van der Waals surface area contributed by atoms with E-state index in [1.807, 2.05) is 0 Å². The van der Waals surface area contributed by atoms with Crippen molar-refractivity contribution < 1.29 is 14.3 Å². The number of hydrogen-bond acceptors (Lipinski definition) is 3. The fourth-order valence-electron chi connectivity index (χ4n) is 0.348. The molecule has 0 aliphatic carbocycles. The third-order valence-corrected chi connectivity index (χ3v) is 0.875. The average molecular weight is 131 g/mol. The Morgan fingerprint density at radius 1 is 1.78 bits per heavy atom. The first-order valence-electron chi connectivity index (χ1n) is 2.53. The maximum absolute atomic E-state index is 10.5. The van der Waals surface area contributed by atoms with E-state index < -0.39 is 6.10 Å². The molecule has 4 heteroatoms. The standard InChI is InChI=1S/C5H9NO3/c1-4(9-3-7)5(8)6-2/h3-4H,1-2H3,(H,6,8). The third kappa shape index (κ3) is 2.69. The Balaban J connectivity index is 3.58. The molecule has 0 heterocycles. The lowest BCUT2D eigenvalue weighted by atomic mass is 10.4. The first-order valence-corrected chi connectivity index (χ1v) is 2.53. The third-order valence-electron chi connectivity index (χ3n) is 0.875. The van der Waals surface area contributed by atoms with Crippen LogP contribution in [-0.4, -0.2) is 25.5 Å². The summed E-state index contributed by atoms with van der Waals surface area (Å²) in [5, 5.41) is 2.33. The van der Waals surface area contributed by atoms with E-state index in [9.17, 15) is 9.59 Å². The molecule has 0 spiro atoms. The van der Waals surface area contributed by atoms with Gasteiger partial charge in [-0.1, -0.05) is 0 Å². The predicted octanol–water partition coefficient (Wildman–Crippen LogP) is -0.706. The molecule has 1 unspecified atom stereocenters. The van der Waals surface area contributed by atoms with E-state index in [1.54, 1.807) is 0 Å². The topological polar surface area (TPSA) is 55.4 Å². The number of amides is 1. The molecule has 9 heavy (non-hydrogen) atoms. The monoisotopic (exact) mass is 131 g/mol. The Labute approximate surface area is 53.2 Å². The molecule has 0 aliphatic heterocycles. The van der Waals surface area contributed by atoms with Gasteiger partial charge in [0.05, 0.1) is 0 Å². The highest BCUT2D eigenvalue weighted by atomic mass is 16.5. The first kappa shape index (κ1) is 7.94. The van der Waals surface area contributed by atoms with Gasteiger partial charge < -0.3 is 10.1 Å². The normalized spacial score (nSPS) is 11.8. The van der Waals surface area contributed by atoms with Crippen molar-refractivity contribution in [2.24, 2.45) is 0 Å². The SMILES string of the molecule is CNC(=O)C(C)OC=O. The first-order chi connectivity index (χ1) is 4.22. The Morgan fingerprint density at radius 2 is 2.33 bits per heavy atom. The molecule has 0 aromatic heterocycles. The fraction of sp³-hybridized carbons (Fsp3) is 0.600. The molecule has 4 nitrogen and oxygen atoms in total. The number of carbonyl (C=O) groups excluding carboxylic acids is 2. The van der Waals surface area contributed by atoms with Crippen molar-refractivity contribution in [2.45, 2.75) is 13.0 Å². The van der Waals surface area contributed by atoms with Gasteiger partial charge in [0.15, 0.2) is 6.10 Å². The molecule has 1 amide bonds. The van der Waals surface area contributed by atoms with Gasteiger partial charge in [-0.2, -0.15) is 0 Å². The largest absolute Gasteiger partial charge is 0.455 e. The van der Waals surface area contributed by atoms with Crippen LogP contribution < -0.4 is 5.32 Å². The van der Waals surface area contributed by atoms with Gasteiger partial charge in [0.2, 0.25) is 0 Å². The minimum absolute atomic E-state index is 0.250. The molecule has 0 saturated carbocycles. The van der Waals surface area contributed by atoms with Gasteiger partial charge in [0.25, 0.3) is 12.4 Å². The lowest BCUT2D eigenvalue weighted by Crippen LogP contribution is -2.31. The smallest absolute Gasteiger partial charge is 0.293 e. The lowest BCUT2D eigenvalue weighted by molar-refractivity contribution is -0.143. The van der Waals surface area contributed by atoms with E-state index in [4.69, 9.17) is 0 Å². The van der Waals surface area contributed by atoms with Crippen LogP contribution in [0.2, 0.25) is 0 Å². The molecular weight excluding hydrogens is 122 g/mol.